The van der Waals surface area contributed by atoms with Crippen LogP contribution in [-0.2, 0) is 6.54 Å². The Morgan fingerprint density at radius 3 is 2.71 bits per heavy atom. The zero-order chi connectivity index (χ0) is 22.1. The number of aromatic nitrogens is 2. The molecular weight excluding hydrogens is 435 g/mol. The number of rotatable bonds is 10. The highest BCUT2D eigenvalue weighted by molar-refractivity contribution is 6.35. The average molecular weight is 459 g/mol. The van der Waals surface area contributed by atoms with Crippen molar-refractivity contribution in [3.8, 4) is 5.75 Å². The SMILES string of the molecule is CCCCCOc1ccc(C=NNC(=O)c2ccn(Cc3ccc(Cl)cc3Cl)n2)cc1. The summed E-state index contributed by atoms with van der Waals surface area (Å²) < 4.78 is 7.31. The predicted molar refractivity (Wildman–Crippen MR) is 124 cm³/mol. The fraction of sp³-hybridized carbons (Fsp3) is 0.261. The van der Waals surface area contributed by atoms with Gasteiger partial charge in [0.25, 0.3) is 5.91 Å². The molecule has 6 nitrogen and oxygen atoms in total. The Morgan fingerprint density at radius 1 is 1.16 bits per heavy atom. The maximum Gasteiger partial charge on any atom is 0.291 e. The second kappa shape index (κ2) is 11.5. The van der Waals surface area contributed by atoms with E-state index in [0.717, 1.165) is 29.7 Å². The van der Waals surface area contributed by atoms with Gasteiger partial charge in [-0.1, -0.05) is 49.0 Å². The van der Waals surface area contributed by atoms with Gasteiger partial charge in [-0.05, 0) is 60.0 Å². The Hall–Kier alpha value is -2.83. The smallest absolute Gasteiger partial charge is 0.291 e. The van der Waals surface area contributed by atoms with Crippen molar-refractivity contribution >= 4 is 35.3 Å². The van der Waals surface area contributed by atoms with E-state index in [1.807, 2.05) is 30.3 Å². The Balaban J connectivity index is 1.50. The summed E-state index contributed by atoms with van der Waals surface area (Å²) in [6.45, 7) is 3.31. The number of carbonyl (C=O) groups is 1. The van der Waals surface area contributed by atoms with Crippen LogP contribution in [0.1, 0.15) is 47.8 Å². The van der Waals surface area contributed by atoms with E-state index < -0.39 is 5.91 Å². The van der Waals surface area contributed by atoms with Gasteiger partial charge in [0.2, 0.25) is 0 Å². The van der Waals surface area contributed by atoms with Crippen LogP contribution >= 0.6 is 23.2 Å². The molecule has 3 rings (SSSR count). The number of hydrazone groups is 1. The topological polar surface area (TPSA) is 68.5 Å². The third-order valence-electron chi connectivity index (χ3n) is 4.50. The lowest BCUT2D eigenvalue weighted by atomic mass is 10.2. The number of amides is 1. The minimum absolute atomic E-state index is 0.262. The third kappa shape index (κ3) is 7.12. The molecule has 0 aliphatic heterocycles. The van der Waals surface area contributed by atoms with E-state index in [4.69, 9.17) is 27.9 Å². The molecule has 0 aliphatic rings. The first-order valence-corrected chi connectivity index (χ1v) is 10.8. The Labute approximate surface area is 191 Å². The zero-order valence-electron chi connectivity index (χ0n) is 17.2. The number of hydrogen-bond acceptors (Lipinski definition) is 4. The average Bonchev–Trinajstić information content (AvgIpc) is 3.23. The van der Waals surface area contributed by atoms with E-state index in [-0.39, 0.29) is 5.69 Å². The van der Waals surface area contributed by atoms with Crippen LogP contribution in [0.2, 0.25) is 10.0 Å². The molecular formula is C23H24Cl2N4O2. The largest absolute Gasteiger partial charge is 0.494 e. The van der Waals surface area contributed by atoms with Crippen LogP contribution < -0.4 is 10.2 Å². The summed E-state index contributed by atoms with van der Waals surface area (Å²) in [6, 6.07) is 14.4. The summed E-state index contributed by atoms with van der Waals surface area (Å²) in [5, 5.41) is 9.39. The fourth-order valence-corrected chi connectivity index (χ4v) is 3.28. The van der Waals surface area contributed by atoms with Crippen molar-refractivity contribution in [1.29, 1.82) is 0 Å². The van der Waals surface area contributed by atoms with Crippen molar-refractivity contribution < 1.29 is 9.53 Å². The summed E-state index contributed by atoms with van der Waals surface area (Å²) in [7, 11) is 0. The Bertz CT molecular complexity index is 1030. The van der Waals surface area contributed by atoms with Crippen LogP contribution in [0.5, 0.6) is 5.75 Å². The highest BCUT2D eigenvalue weighted by Crippen LogP contribution is 2.21. The van der Waals surface area contributed by atoms with Gasteiger partial charge in [-0.15, -0.1) is 0 Å². The van der Waals surface area contributed by atoms with Crippen LogP contribution in [0.3, 0.4) is 0 Å². The second-order valence-electron chi connectivity index (χ2n) is 6.96. The van der Waals surface area contributed by atoms with E-state index in [0.29, 0.717) is 23.2 Å². The number of carbonyl (C=O) groups excluding carboxylic acids is 1. The van der Waals surface area contributed by atoms with E-state index >= 15 is 0 Å². The summed E-state index contributed by atoms with van der Waals surface area (Å²) in [5.74, 6) is 0.427. The van der Waals surface area contributed by atoms with Gasteiger partial charge in [-0.3, -0.25) is 9.48 Å². The van der Waals surface area contributed by atoms with Crippen molar-refractivity contribution in [1.82, 2.24) is 15.2 Å². The number of unbranched alkanes of at least 4 members (excludes halogenated alkanes) is 2. The molecule has 0 saturated heterocycles. The number of nitrogens with zero attached hydrogens (tertiary/aromatic N) is 3. The standard InChI is InChI=1S/C23H24Cl2N4O2/c1-2-3-4-13-31-20-9-5-17(6-10-20)15-26-27-23(30)22-11-12-29(28-22)16-18-7-8-19(24)14-21(18)25/h5-12,14-15H,2-4,13,16H2,1H3,(H,27,30). The lowest BCUT2D eigenvalue weighted by Crippen LogP contribution is -2.18. The monoisotopic (exact) mass is 458 g/mol. The van der Waals surface area contributed by atoms with Crippen molar-refractivity contribution in [2.75, 3.05) is 6.61 Å². The first-order chi connectivity index (χ1) is 15.0. The summed E-state index contributed by atoms with van der Waals surface area (Å²) in [5.41, 5.74) is 4.46. The van der Waals surface area contributed by atoms with Crippen LogP contribution in [0.4, 0.5) is 0 Å². The Morgan fingerprint density at radius 2 is 1.97 bits per heavy atom. The molecule has 1 amide bonds. The molecule has 0 radical (unpaired) electrons. The van der Waals surface area contributed by atoms with Gasteiger partial charge < -0.3 is 4.74 Å². The molecule has 3 aromatic rings. The first kappa shape index (κ1) is 22.8. The molecule has 162 valence electrons. The number of benzene rings is 2. The quantitative estimate of drug-likeness (QED) is 0.245. The second-order valence-corrected chi connectivity index (χ2v) is 7.80. The third-order valence-corrected chi connectivity index (χ3v) is 5.08. The molecule has 1 aromatic heterocycles. The molecule has 1 N–H and O–H groups in total. The van der Waals surface area contributed by atoms with Crippen LogP contribution in [0.25, 0.3) is 0 Å². The molecule has 0 atom stereocenters. The van der Waals surface area contributed by atoms with Gasteiger partial charge in [0, 0.05) is 16.2 Å². The maximum atomic E-state index is 12.3. The van der Waals surface area contributed by atoms with Crippen LogP contribution in [0.15, 0.2) is 59.8 Å². The van der Waals surface area contributed by atoms with Gasteiger partial charge in [-0.25, -0.2) is 5.43 Å². The Kier molecular flexibility index (Phi) is 8.50. The summed E-state index contributed by atoms with van der Waals surface area (Å²) >= 11 is 12.1. The highest BCUT2D eigenvalue weighted by atomic mass is 35.5. The van der Waals surface area contributed by atoms with Gasteiger partial charge >= 0.3 is 0 Å². The molecule has 0 fully saturated rings. The van der Waals surface area contributed by atoms with Gasteiger partial charge in [0.15, 0.2) is 5.69 Å². The number of nitrogens with one attached hydrogen (secondary N) is 1. The molecule has 2 aromatic carbocycles. The molecule has 0 saturated carbocycles. The van der Waals surface area contributed by atoms with Gasteiger partial charge in [-0.2, -0.15) is 10.2 Å². The fourth-order valence-electron chi connectivity index (χ4n) is 2.81. The van der Waals surface area contributed by atoms with Crippen molar-refractivity contribution in [3.05, 3.63) is 81.6 Å². The van der Waals surface area contributed by atoms with Crippen LogP contribution in [0, 0.1) is 0 Å². The van der Waals surface area contributed by atoms with Gasteiger partial charge in [0.1, 0.15) is 5.75 Å². The normalized spacial score (nSPS) is 11.1. The summed E-state index contributed by atoms with van der Waals surface area (Å²) in [4.78, 5) is 12.3. The number of halogens is 2. The van der Waals surface area contributed by atoms with E-state index in [1.54, 1.807) is 35.3 Å². The van der Waals surface area contributed by atoms with Crippen LogP contribution in [-0.4, -0.2) is 28.5 Å². The highest BCUT2D eigenvalue weighted by Gasteiger charge is 2.10. The minimum atomic E-state index is -0.395. The van der Waals surface area contributed by atoms with Crippen molar-refractivity contribution in [3.63, 3.8) is 0 Å². The minimum Gasteiger partial charge on any atom is -0.494 e. The molecule has 0 bridgehead atoms. The molecule has 1 heterocycles. The van der Waals surface area contributed by atoms with E-state index in [2.05, 4.69) is 22.5 Å². The molecule has 0 aliphatic carbocycles. The first-order valence-electron chi connectivity index (χ1n) is 10.1. The lowest BCUT2D eigenvalue weighted by molar-refractivity contribution is 0.0949. The van der Waals surface area contributed by atoms with Gasteiger partial charge in [0.05, 0.1) is 19.4 Å². The molecule has 8 heteroatoms. The number of ether oxygens (including phenoxy) is 1. The maximum absolute atomic E-state index is 12.3. The predicted octanol–water partition coefficient (Wildman–Crippen LogP) is 5.57. The molecule has 0 unspecified atom stereocenters. The van der Waals surface area contributed by atoms with Crippen molar-refractivity contribution in [2.24, 2.45) is 5.10 Å². The molecule has 0 spiro atoms. The summed E-state index contributed by atoms with van der Waals surface area (Å²) in [6.07, 6.45) is 6.67. The van der Waals surface area contributed by atoms with E-state index in [9.17, 15) is 4.79 Å². The van der Waals surface area contributed by atoms with E-state index in [1.165, 1.54) is 6.42 Å². The number of hydrogen-bond donors (Lipinski definition) is 1. The lowest BCUT2D eigenvalue weighted by Gasteiger charge is -2.05. The zero-order valence-corrected chi connectivity index (χ0v) is 18.7. The van der Waals surface area contributed by atoms with Crippen molar-refractivity contribution in [2.45, 2.75) is 32.7 Å². The molecule has 31 heavy (non-hydrogen) atoms.